The predicted octanol–water partition coefficient (Wildman–Crippen LogP) is 4.11. The zero-order valence-electron chi connectivity index (χ0n) is 9.53. The maximum atomic E-state index is 6.07. The summed E-state index contributed by atoms with van der Waals surface area (Å²) in [5.74, 6) is 2.48. The van der Waals surface area contributed by atoms with Crippen molar-refractivity contribution >= 4 is 15.9 Å². The van der Waals surface area contributed by atoms with E-state index in [0.29, 0.717) is 16.8 Å². The minimum atomic E-state index is 0.419. The monoisotopic (exact) mass is 280 g/mol. The Balaban J connectivity index is 1.92. The molecule has 0 amide bonds. The molecule has 1 fully saturated rings. The molecule has 4 atom stereocenters. The van der Waals surface area contributed by atoms with Gasteiger partial charge in [0.25, 0.3) is 0 Å². The van der Waals surface area contributed by atoms with Gasteiger partial charge in [0.05, 0.1) is 0 Å². The van der Waals surface area contributed by atoms with Crippen LogP contribution >= 0.6 is 15.9 Å². The Bertz CT molecular complexity index is 390. The average Bonchev–Trinajstić information content (AvgIpc) is 2.58. The Kier molecular flexibility index (Phi) is 2.70. The fourth-order valence-electron chi connectivity index (χ4n) is 3.03. The smallest absolute Gasteiger partial charge is 0.123 e. The van der Waals surface area contributed by atoms with Gasteiger partial charge in [0, 0.05) is 16.3 Å². The van der Waals surface area contributed by atoms with Crippen molar-refractivity contribution in [3.05, 3.63) is 29.8 Å². The third kappa shape index (κ3) is 1.67. The summed E-state index contributed by atoms with van der Waals surface area (Å²) in [5, 5.41) is 0. The molecule has 2 heteroatoms. The highest BCUT2D eigenvalue weighted by Gasteiger charge is 2.38. The second-order valence-electron chi connectivity index (χ2n) is 5.11. The molecule has 2 aliphatic rings. The first-order chi connectivity index (χ1) is 7.75. The van der Waals surface area contributed by atoms with Gasteiger partial charge >= 0.3 is 0 Å². The highest BCUT2D eigenvalue weighted by Crippen LogP contribution is 2.46. The first-order valence-electron chi connectivity index (χ1n) is 6.15. The zero-order chi connectivity index (χ0) is 11.1. The van der Waals surface area contributed by atoms with Crippen LogP contribution in [-0.4, -0.2) is 10.9 Å². The average molecular weight is 281 g/mol. The van der Waals surface area contributed by atoms with Crippen LogP contribution in [0.15, 0.2) is 24.3 Å². The lowest BCUT2D eigenvalue weighted by atomic mass is 9.88. The van der Waals surface area contributed by atoms with Gasteiger partial charge in [-0.05, 0) is 31.2 Å². The van der Waals surface area contributed by atoms with E-state index in [1.165, 1.54) is 24.8 Å². The summed E-state index contributed by atoms with van der Waals surface area (Å²) in [6, 6.07) is 8.55. The molecule has 0 N–H and O–H groups in total. The van der Waals surface area contributed by atoms with Gasteiger partial charge in [0.1, 0.15) is 11.9 Å². The third-order valence-corrected chi connectivity index (χ3v) is 5.38. The lowest BCUT2D eigenvalue weighted by Crippen LogP contribution is -2.17. The molecule has 1 aromatic rings. The van der Waals surface area contributed by atoms with Gasteiger partial charge in [-0.1, -0.05) is 41.1 Å². The van der Waals surface area contributed by atoms with Crippen LogP contribution in [-0.2, 0) is 0 Å². The second kappa shape index (κ2) is 4.06. The summed E-state index contributed by atoms with van der Waals surface area (Å²) in [5.41, 5.74) is 1.43. The molecule has 0 bridgehead atoms. The Labute approximate surface area is 105 Å². The minimum absolute atomic E-state index is 0.419. The van der Waals surface area contributed by atoms with Crippen LogP contribution < -0.4 is 4.74 Å². The highest BCUT2D eigenvalue weighted by molar-refractivity contribution is 9.09. The van der Waals surface area contributed by atoms with E-state index in [1.807, 2.05) is 0 Å². The molecule has 1 aromatic carbocycles. The number of para-hydroxylation sites is 1. The Morgan fingerprint density at radius 1 is 1.25 bits per heavy atom. The molecule has 1 heterocycles. The van der Waals surface area contributed by atoms with Crippen LogP contribution in [0, 0.1) is 5.92 Å². The molecule has 0 radical (unpaired) electrons. The highest BCUT2D eigenvalue weighted by atomic mass is 79.9. The van der Waals surface area contributed by atoms with Gasteiger partial charge < -0.3 is 4.74 Å². The zero-order valence-corrected chi connectivity index (χ0v) is 11.1. The molecule has 1 saturated carbocycles. The SMILES string of the molecule is CC1CC2c3ccccc3OC2CCC1Br. The van der Waals surface area contributed by atoms with E-state index in [-0.39, 0.29) is 0 Å². The van der Waals surface area contributed by atoms with Gasteiger partial charge in [-0.15, -0.1) is 0 Å². The molecule has 0 aromatic heterocycles. The predicted molar refractivity (Wildman–Crippen MR) is 69.3 cm³/mol. The molecule has 3 rings (SSSR count). The maximum Gasteiger partial charge on any atom is 0.123 e. The van der Waals surface area contributed by atoms with Crippen molar-refractivity contribution in [3.63, 3.8) is 0 Å². The van der Waals surface area contributed by atoms with Crippen LogP contribution in [0.25, 0.3) is 0 Å². The normalized spacial score (nSPS) is 37.1. The number of benzene rings is 1. The van der Waals surface area contributed by atoms with Crippen molar-refractivity contribution in [3.8, 4) is 5.75 Å². The summed E-state index contributed by atoms with van der Waals surface area (Å²) in [6.45, 7) is 2.35. The van der Waals surface area contributed by atoms with E-state index >= 15 is 0 Å². The third-order valence-electron chi connectivity index (χ3n) is 4.02. The lowest BCUT2D eigenvalue weighted by Gasteiger charge is -2.18. The van der Waals surface area contributed by atoms with Crippen LogP contribution in [0.5, 0.6) is 5.75 Å². The Morgan fingerprint density at radius 2 is 2.06 bits per heavy atom. The van der Waals surface area contributed by atoms with Gasteiger partial charge in [-0.3, -0.25) is 0 Å². The number of halogens is 1. The quantitative estimate of drug-likeness (QED) is 0.650. The number of ether oxygens (including phenoxy) is 1. The standard InChI is InChI=1S/C14H17BrO/c1-9-8-11-10-4-2-3-5-13(10)16-14(11)7-6-12(9)15/h2-5,9,11-12,14H,6-8H2,1H3. The topological polar surface area (TPSA) is 9.23 Å². The lowest BCUT2D eigenvalue weighted by molar-refractivity contribution is 0.194. The molecule has 1 aliphatic heterocycles. The van der Waals surface area contributed by atoms with E-state index in [1.54, 1.807) is 0 Å². The van der Waals surface area contributed by atoms with Crippen molar-refractivity contribution in [2.45, 2.75) is 43.0 Å². The number of rotatable bonds is 0. The Hall–Kier alpha value is -0.500. The van der Waals surface area contributed by atoms with E-state index in [4.69, 9.17) is 4.74 Å². The van der Waals surface area contributed by atoms with Crippen LogP contribution in [0.3, 0.4) is 0 Å². The summed E-state index contributed by atoms with van der Waals surface area (Å²) < 4.78 is 6.07. The van der Waals surface area contributed by atoms with Crippen molar-refractivity contribution in [1.29, 1.82) is 0 Å². The van der Waals surface area contributed by atoms with Crippen molar-refractivity contribution in [1.82, 2.24) is 0 Å². The summed E-state index contributed by atoms with van der Waals surface area (Å²) >= 11 is 3.80. The van der Waals surface area contributed by atoms with Gasteiger partial charge in [0.2, 0.25) is 0 Å². The summed E-state index contributed by atoms with van der Waals surface area (Å²) in [6.07, 6.45) is 4.08. The number of hydrogen-bond donors (Lipinski definition) is 0. The van der Waals surface area contributed by atoms with Gasteiger partial charge in [-0.2, -0.15) is 0 Å². The Morgan fingerprint density at radius 3 is 2.94 bits per heavy atom. The second-order valence-corrected chi connectivity index (χ2v) is 6.28. The van der Waals surface area contributed by atoms with Crippen LogP contribution in [0.1, 0.15) is 37.7 Å². The molecule has 4 unspecified atom stereocenters. The largest absolute Gasteiger partial charge is 0.489 e. The molecule has 1 nitrogen and oxygen atoms in total. The maximum absolute atomic E-state index is 6.07. The van der Waals surface area contributed by atoms with E-state index in [9.17, 15) is 0 Å². The molecule has 0 saturated heterocycles. The van der Waals surface area contributed by atoms with Crippen LogP contribution in [0.4, 0.5) is 0 Å². The summed E-state index contributed by atoms with van der Waals surface area (Å²) in [4.78, 5) is 0.661. The minimum Gasteiger partial charge on any atom is -0.489 e. The molecular weight excluding hydrogens is 264 g/mol. The van der Waals surface area contributed by atoms with Gasteiger partial charge in [-0.25, -0.2) is 0 Å². The molecule has 86 valence electrons. The first kappa shape index (κ1) is 10.6. The van der Waals surface area contributed by atoms with Crippen molar-refractivity contribution < 1.29 is 4.74 Å². The number of hydrogen-bond acceptors (Lipinski definition) is 1. The van der Waals surface area contributed by atoms with Crippen LogP contribution in [0.2, 0.25) is 0 Å². The fraction of sp³-hybridized carbons (Fsp3) is 0.571. The molecule has 16 heavy (non-hydrogen) atoms. The number of fused-ring (bicyclic) bond motifs is 3. The van der Waals surface area contributed by atoms with Crippen molar-refractivity contribution in [2.75, 3.05) is 0 Å². The first-order valence-corrected chi connectivity index (χ1v) is 7.07. The molecular formula is C14H17BrO. The fourth-order valence-corrected chi connectivity index (χ4v) is 3.51. The molecule has 0 spiro atoms. The van der Waals surface area contributed by atoms with E-state index in [0.717, 1.165) is 11.7 Å². The molecule has 1 aliphatic carbocycles. The van der Waals surface area contributed by atoms with E-state index < -0.39 is 0 Å². The summed E-state index contributed by atoms with van der Waals surface area (Å²) in [7, 11) is 0. The van der Waals surface area contributed by atoms with E-state index in [2.05, 4.69) is 47.1 Å². The number of alkyl halides is 1. The van der Waals surface area contributed by atoms with Crippen molar-refractivity contribution in [2.24, 2.45) is 5.92 Å². The van der Waals surface area contributed by atoms with Gasteiger partial charge in [0.15, 0.2) is 0 Å².